The molecule has 224 valence electrons. The maximum Gasteiger partial charge on any atom is 0.261 e. The zero-order valence-corrected chi connectivity index (χ0v) is 24.8. The second-order valence-electron chi connectivity index (χ2n) is 11.6. The minimum absolute atomic E-state index is 0.0729. The number of carbonyl (C=O) groups excluding carboxylic acids is 2. The number of imide groups is 1. The van der Waals surface area contributed by atoms with E-state index in [4.69, 9.17) is 4.74 Å². The smallest absolute Gasteiger partial charge is 0.261 e. The lowest BCUT2D eigenvalue weighted by Crippen LogP contribution is -2.46. The van der Waals surface area contributed by atoms with E-state index in [0.29, 0.717) is 27.8 Å². The molecule has 11 heteroatoms. The fourth-order valence-corrected chi connectivity index (χ4v) is 5.94. The number of anilines is 1. The molecule has 1 fully saturated rings. The number of carbonyl (C=O) groups is 2. The average molecular weight is 585 g/mol. The van der Waals surface area contributed by atoms with E-state index in [1.165, 1.54) is 11.1 Å². The van der Waals surface area contributed by atoms with Crippen LogP contribution in [0.1, 0.15) is 50.2 Å². The highest BCUT2D eigenvalue weighted by Crippen LogP contribution is 2.33. The number of H-pyrrole nitrogens is 2. The Kier molecular flexibility index (Phi) is 7.53. The molecule has 4 N–H and O–H groups in total. The minimum Gasteiger partial charge on any atom is -0.490 e. The lowest BCUT2D eigenvalue weighted by atomic mass is 10.0. The van der Waals surface area contributed by atoms with Crippen LogP contribution in [-0.2, 0) is 0 Å². The van der Waals surface area contributed by atoms with E-state index in [2.05, 4.69) is 25.2 Å². The van der Waals surface area contributed by atoms with Crippen LogP contribution in [0.25, 0.3) is 22.4 Å². The molecule has 2 aromatic carbocycles. The highest BCUT2D eigenvalue weighted by Gasteiger charge is 2.41. The molecule has 2 amide bonds. The Balaban J connectivity index is 1.21. The summed E-state index contributed by atoms with van der Waals surface area (Å²) < 4.78 is 5.95. The SMILES string of the molecule is Cc1ccc(C)c(OCC(O)CNc2cc[nH]c(=O)c2-c2nc3cc4c(cc3[nH]2)C(=O)N(C2CCN(C)CC2)C4=O)c1C. The first-order chi connectivity index (χ1) is 20.6. The van der Waals surface area contributed by atoms with Crippen LogP contribution in [0.5, 0.6) is 5.75 Å². The Morgan fingerprint density at radius 1 is 1.05 bits per heavy atom. The van der Waals surface area contributed by atoms with Crippen LogP contribution in [0.4, 0.5) is 5.69 Å². The van der Waals surface area contributed by atoms with Gasteiger partial charge in [0.25, 0.3) is 17.4 Å². The molecule has 6 rings (SSSR count). The van der Waals surface area contributed by atoms with Gasteiger partial charge in [-0.15, -0.1) is 0 Å². The largest absolute Gasteiger partial charge is 0.490 e. The number of aryl methyl sites for hydroxylation is 2. The maximum absolute atomic E-state index is 13.3. The van der Waals surface area contributed by atoms with E-state index in [9.17, 15) is 19.5 Å². The first-order valence-electron chi connectivity index (χ1n) is 14.6. The molecule has 1 atom stereocenters. The van der Waals surface area contributed by atoms with Gasteiger partial charge in [-0.1, -0.05) is 12.1 Å². The number of aliphatic hydroxyl groups excluding tert-OH is 1. The van der Waals surface area contributed by atoms with Gasteiger partial charge in [-0.2, -0.15) is 0 Å². The molecule has 0 aliphatic carbocycles. The van der Waals surface area contributed by atoms with Crippen molar-refractivity contribution in [3.63, 3.8) is 0 Å². The summed E-state index contributed by atoms with van der Waals surface area (Å²) in [5.41, 5.74) is 5.18. The van der Waals surface area contributed by atoms with Crippen LogP contribution in [0, 0.1) is 20.8 Å². The second-order valence-corrected chi connectivity index (χ2v) is 11.6. The topological polar surface area (TPSA) is 144 Å². The summed E-state index contributed by atoms with van der Waals surface area (Å²) >= 11 is 0. The molecule has 0 radical (unpaired) electrons. The standard InChI is InChI=1S/C32H36N6O5/c1-17-5-6-18(2)28(19(17)3)43-16-21(39)15-34-24-7-10-33-30(40)27(24)29-35-25-13-22-23(14-26(25)36-29)32(42)38(31(22)41)20-8-11-37(4)12-9-20/h5-7,10,13-14,20-21,39H,8-9,11-12,15-16H2,1-4H3,(H,35,36)(H2,33,34,40). The van der Waals surface area contributed by atoms with Gasteiger partial charge in [0.15, 0.2) is 0 Å². The lowest BCUT2D eigenvalue weighted by molar-refractivity contribution is 0.0516. The average Bonchev–Trinajstić information content (AvgIpc) is 3.50. The van der Waals surface area contributed by atoms with E-state index in [0.717, 1.165) is 48.4 Å². The Morgan fingerprint density at radius 3 is 2.49 bits per heavy atom. The monoisotopic (exact) mass is 584 g/mol. The van der Waals surface area contributed by atoms with E-state index in [1.54, 1.807) is 18.2 Å². The number of rotatable bonds is 8. The van der Waals surface area contributed by atoms with Gasteiger partial charge >= 0.3 is 0 Å². The van der Waals surface area contributed by atoms with Crippen molar-refractivity contribution >= 4 is 28.5 Å². The summed E-state index contributed by atoms with van der Waals surface area (Å²) in [5.74, 6) is 0.455. The van der Waals surface area contributed by atoms with E-state index in [-0.39, 0.29) is 48.0 Å². The molecule has 0 spiro atoms. The number of imidazole rings is 1. The van der Waals surface area contributed by atoms with Crippen LogP contribution < -0.4 is 15.6 Å². The molecule has 11 nitrogen and oxygen atoms in total. The number of likely N-dealkylation sites (tertiary alicyclic amines) is 1. The Bertz CT molecular complexity index is 1730. The van der Waals surface area contributed by atoms with Gasteiger partial charge < -0.3 is 30.0 Å². The third kappa shape index (κ3) is 5.30. The van der Waals surface area contributed by atoms with Gasteiger partial charge in [-0.25, -0.2) is 4.98 Å². The van der Waals surface area contributed by atoms with Crippen LogP contribution in [0.2, 0.25) is 0 Å². The highest BCUT2D eigenvalue weighted by molar-refractivity contribution is 6.23. The molecule has 2 aliphatic rings. The van der Waals surface area contributed by atoms with Gasteiger partial charge in [0.05, 0.1) is 27.8 Å². The zero-order valence-electron chi connectivity index (χ0n) is 24.8. The molecule has 1 unspecified atom stereocenters. The van der Waals surface area contributed by atoms with Crippen LogP contribution in [0.15, 0.2) is 41.3 Å². The number of nitrogens with one attached hydrogen (secondary N) is 3. The van der Waals surface area contributed by atoms with Gasteiger partial charge in [0.1, 0.15) is 29.8 Å². The van der Waals surface area contributed by atoms with Crippen LogP contribution in [-0.4, -0.2) is 87.1 Å². The van der Waals surface area contributed by atoms with Gasteiger partial charge in [0, 0.05) is 18.8 Å². The van der Waals surface area contributed by atoms with E-state index >= 15 is 0 Å². The maximum atomic E-state index is 13.3. The third-order valence-electron chi connectivity index (χ3n) is 8.59. The molecule has 43 heavy (non-hydrogen) atoms. The van der Waals surface area contributed by atoms with Crippen molar-refractivity contribution in [2.45, 2.75) is 45.8 Å². The number of benzene rings is 2. The summed E-state index contributed by atoms with van der Waals surface area (Å²) in [7, 11) is 2.04. The van der Waals surface area contributed by atoms with Crippen molar-refractivity contribution in [3.05, 3.63) is 74.7 Å². The summed E-state index contributed by atoms with van der Waals surface area (Å²) in [6, 6.07) is 8.88. The quantitative estimate of drug-likeness (QED) is 0.231. The molecule has 2 aliphatic heterocycles. The third-order valence-corrected chi connectivity index (χ3v) is 8.59. The second kappa shape index (κ2) is 11.3. The number of pyridine rings is 1. The molecule has 0 saturated carbocycles. The molecule has 0 bridgehead atoms. The number of aromatic amines is 2. The Labute approximate surface area is 248 Å². The van der Waals surface area contributed by atoms with Crippen LogP contribution in [0.3, 0.4) is 0 Å². The molecular formula is C32H36N6O5. The van der Waals surface area contributed by atoms with Crippen molar-refractivity contribution in [2.24, 2.45) is 0 Å². The number of nitrogens with zero attached hydrogens (tertiary/aromatic N) is 3. The van der Waals surface area contributed by atoms with Crippen molar-refractivity contribution in [3.8, 4) is 17.1 Å². The summed E-state index contributed by atoms with van der Waals surface area (Å²) in [5, 5.41) is 13.8. The van der Waals surface area contributed by atoms with Crippen molar-refractivity contribution in [2.75, 3.05) is 38.6 Å². The minimum atomic E-state index is -0.852. The fraction of sp³-hybridized carbons (Fsp3) is 0.375. The number of aromatic nitrogens is 3. The lowest BCUT2D eigenvalue weighted by Gasteiger charge is -2.33. The first-order valence-corrected chi connectivity index (χ1v) is 14.6. The van der Waals surface area contributed by atoms with E-state index < -0.39 is 6.10 Å². The van der Waals surface area contributed by atoms with E-state index in [1.807, 2.05) is 40.0 Å². The molecule has 4 aromatic rings. The van der Waals surface area contributed by atoms with Gasteiger partial charge in [-0.3, -0.25) is 19.3 Å². The number of ether oxygens (including phenoxy) is 1. The number of fused-ring (bicyclic) bond motifs is 2. The predicted molar refractivity (Wildman–Crippen MR) is 164 cm³/mol. The molecular weight excluding hydrogens is 548 g/mol. The molecule has 1 saturated heterocycles. The first kappa shape index (κ1) is 28.6. The van der Waals surface area contributed by atoms with Gasteiger partial charge in [0.2, 0.25) is 0 Å². The number of hydrogen-bond acceptors (Lipinski definition) is 8. The predicted octanol–water partition coefficient (Wildman–Crippen LogP) is 3.39. The summed E-state index contributed by atoms with van der Waals surface area (Å²) in [4.78, 5) is 53.7. The zero-order chi connectivity index (χ0) is 30.4. The number of aliphatic hydroxyl groups is 1. The van der Waals surface area contributed by atoms with Crippen molar-refractivity contribution in [1.29, 1.82) is 0 Å². The van der Waals surface area contributed by atoms with Crippen LogP contribution >= 0.6 is 0 Å². The van der Waals surface area contributed by atoms with Crippen molar-refractivity contribution < 1.29 is 19.4 Å². The number of hydrogen-bond donors (Lipinski definition) is 4. The molecule has 4 heterocycles. The van der Waals surface area contributed by atoms with Gasteiger partial charge in [-0.05, 0) is 88.6 Å². The summed E-state index contributed by atoms with van der Waals surface area (Å²) in [6.45, 7) is 7.84. The normalized spacial score (nSPS) is 16.6. The fourth-order valence-electron chi connectivity index (χ4n) is 5.94. The number of piperidine rings is 1. The molecule has 2 aromatic heterocycles. The van der Waals surface area contributed by atoms with Crippen molar-refractivity contribution in [1.82, 2.24) is 24.8 Å². The Hall–Kier alpha value is -4.48. The summed E-state index contributed by atoms with van der Waals surface area (Å²) in [6.07, 6.45) is 2.17. The highest BCUT2D eigenvalue weighted by atomic mass is 16.5. The Morgan fingerprint density at radius 2 is 1.74 bits per heavy atom. The number of amides is 2.